The number of carbonyl (C=O) groups is 1. The molecule has 3 nitrogen and oxygen atoms in total. The molecule has 0 fully saturated rings. The predicted octanol–water partition coefficient (Wildman–Crippen LogP) is 2.93. The summed E-state index contributed by atoms with van der Waals surface area (Å²) in [7, 11) is 5.92. The molecule has 0 aromatic carbocycles. The summed E-state index contributed by atoms with van der Waals surface area (Å²) < 4.78 is 5.77. The first-order chi connectivity index (χ1) is 8.20. The van der Waals surface area contributed by atoms with E-state index in [1.54, 1.807) is 0 Å². The molecule has 18 heavy (non-hydrogen) atoms. The Morgan fingerprint density at radius 3 is 2.22 bits per heavy atom. The van der Waals surface area contributed by atoms with Gasteiger partial charge in [0.25, 0.3) is 0 Å². The quantitative estimate of drug-likeness (QED) is 0.397. The van der Waals surface area contributed by atoms with Gasteiger partial charge in [0.05, 0.1) is 21.1 Å². The van der Waals surface area contributed by atoms with Crippen LogP contribution >= 0.6 is 0 Å². The first-order valence-corrected chi connectivity index (χ1v) is 6.46. The van der Waals surface area contributed by atoms with Gasteiger partial charge in [-0.05, 0) is 39.7 Å². The maximum absolute atomic E-state index is 11.5. The van der Waals surface area contributed by atoms with Gasteiger partial charge in [0, 0.05) is 0 Å². The van der Waals surface area contributed by atoms with E-state index in [0.717, 1.165) is 12.8 Å². The zero-order chi connectivity index (χ0) is 14.2. The van der Waals surface area contributed by atoms with Gasteiger partial charge in [-0.3, -0.25) is 0 Å². The van der Waals surface area contributed by atoms with Crippen molar-refractivity contribution in [1.82, 2.24) is 0 Å². The molecular formula is C15H28NO2+. The first kappa shape index (κ1) is 16.9. The lowest BCUT2D eigenvalue weighted by molar-refractivity contribution is -0.862. The molecular weight excluding hydrogens is 226 g/mol. The first-order valence-electron chi connectivity index (χ1n) is 6.46. The third-order valence-corrected chi connectivity index (χ3v) is 2.37. The highest BCUT2D eigenvalue weighted by Gasteiger charge is 2.14. The standard InChI is InChI=1S/C15H28NO2/c1-13(2)8-7-9-14(3)10-11-18-15(17)12-16(4,5)6/h8,10H,7,9,11-12H2,1-6H3/q+1. The minimum atomic E-state index is -0.143. The number of likely N-dealkylation sites (N-methyl/N-ethyl adjacent to an activating group) is 1. The molecule has 0 aliphatic rings. The van der Waals surface area contributed by atoms with Crippen LogP contribution in [0.4, 0.5) is 0 Å². The Labute approximate surface area is 112 Å². The van der Waals surface area contributed by atoms with E-state index in [1.807, 2.05) is 27.2 Å². The Kier molecular flexibility index (Phi) is 7.60. The predicted molar refractivity (Wildman–Crippen MR) is 76.3 cm³/mol. The normalized spacial score (nSPS) is 12.2. The van der Waals surface area contributed by atoms with E-state index < -0.39 is 0 Å². The average molecular weight is 254 g/mol. The molecule has 0 radical (unpaired) electrons. The Hall–Kier alpha value is -1.09. The average Bonchev–Trinajstić information content (AvgIpc) is 2.13. The molecule has 0 atom stereocenters. The highest BCUT2D eigenvalue weighted by Crippen LogP contribution is 2.06. The van der Waals surface area contributed by atoms with Crippen LogP contribution in [0, 0.1) is 0 Å². The van der Waals surface area contributed by atoms with Crippen molar-refractivity contribution >= 4 is 5.97 Å². The SMILES string of the molecule is CC(C)=CCCC(C)=CCOC(=O)C[N+](C)(C)C. The molecule has 0 aliphatic carbocycles. The lowest BCUT2D eigenvalue weighted by Gasteiger charge is -2.22. The molecule has 0 spiro atoms. The van der Waals surface area contributed by atoms with Crippen LogP contribution in [0.1, 0.15) is 33.6 Å². The summed E-state index contributed by atoms with van der Waals surface area (Å²) in [6.07, 6.45) is 6.29. The van der Waals surface area contributed by atoms with Crippen molar-refractivity contribution in [2.24, 2.45) is 0 Å². The summed E-state index contributed by atoms with van der Waals surface area (Å²) in [5.41, 5.74) is 2.61. The molecule has 0 saturated heterocycles. The minimum Gasteiger partial charge on any atom is -0.457 e. The third-order valence-electron chi connectivity index (χ3n) is 2.37. The highest BCUT2D eigenvalue weighted by atomic mass is 16.5. The van der Waals surface area contributed by atoms with E-state index in [1.165, 1.54) is 11.1 Å². The van der Waals surface area contributed by atoms with Crippen LogP contribution in [-0.2, 0) is 9.53 Å². The molecule has 0 unspecified atom stereocenters. The van der Waals surface area contributed by atoms with Crippen LogP contribution < -0.4 is 0 Å². The summed E-state index contributed by atoms with van der Waals surface area (Å²) in [6, 6.07) is 0. The molecule has 0 aromatic rings. The topological polar surface area (TPSA) is 26.3 Å². The second kappa shape index (κ2) is 8.09. The van der Waals surface area contributed by atoms with Crippen LogP contribution in [-0.4, -0.2) is 44.7 Å². The molecule has 0 rings (SSSR count). The number of rotatable bonds is 7. The number of hydrogen-bond acceptors (Lipinski definition) is 2. The summed E-state index contributed by atoms with van der Waals surface area (Å²) in [5, 5.41) is 0. The van der Waals surface area contributed by atoms with Gasteiger partial charge in [-0.2, -0.15) is 0 Å². The third kappa shape index (κ3) is 11.4. The summed E-state index contributed by atoms with van der Waals surface area (Å²) in [5.74, 6) is -0.143. The molecule has 0 N–H and O–H groups in total. The molecule has 0 heterocycles. The van der Waals surface area contributed by atoms with Crippen molar-refractivity contribution < 1.29 is 14.0 Å². The number of quaternary nitrogens is 1. The second-order valence-corrected chi connectivity index (χ2v) is 6.00. The number of ether oxygens (including phenoxy) is 1. The monoisotopic (exact) mass is 254 g/mol. The van der Waals surface area contributed by atoms with Crippen LogP contribution in [0.15, 0.2) is 23.3 Å². The molecule has 0 aliphatic heterocycles. The minimum absolute atomic E-state index is 0.143. The van der Waals surface area contributed by atoms with Crippen molar-refractivity contribution in [1.29, 1.82) is 0 Å². The van der Waals surface area contributed by atoms with E-state index in [4.69, 9.17) is 4.74 Å². The summed E-state index contributed by atoms with van der Waals surface area (Å²) in [6.45, 7) is 7.08. The molecule has 3 heteroatoms. The number of esters is 1. The molecule has 0 amide bonds. The van der Waals surface area contributed by atoms with Gasteiger partial charge in [-0.1, -0.05) is 17.2 Å². The van der Waals surface area contributed by atoms with Crippen LogP contribution in [0.5, 0.6) is 0 Å². The molecule has 104 valence electrons. The Balaban J connectivity index is 3.87. The zero-order valence-electron chi connectivity index (χ0n) is 12.7. The van der Waals surface area contributed by atoms with Gasteiger partial charge < -0.3 is 9.22 Å². The van der Waals surface area contributed by atoms with Crippen molar-refractivity contribution in [3.63, 3.8) is 0 Å². The van der Waals surface area contributed by atoms with E-state index in [0.29, 0.717) is 17.6 Å². The van der Waals surface area contributed by atoms with Crippen LogP contribution in [0.2, 0.25) is 0 Å². The van der Waals surface area contributed by atoms with E-state index >= 15 is 0 Å². The molecule has 0 saturated carbocycles. The lowest BCUT2D eigenvalue weighted by atomic mass is 10.1. The highest BCUT2D eigenvalue weighted by molar-refractivity contribution is 5.70. The van der Waals surface area contributed by atoms with Crippen molar-refractivity contribution in [2.45, 2.75) is 33.6 Å². The number of nitrogens with zero attached hydrogens (tertiary/aromatic N) is 1. The maximum Gasteiger partial charge on any atom is 0.362 e. The zero-order valence-corrected chi connectivity index (χ0v) is 12.7. The second-order valence-electron chi connectivity index (χ2n) is 6.00. The Morgan fingerprint density at radius 1 is 1.11 bits per heavy atom. The fourth-order valence-corrected chi connectivity index (χ4v) is 1.40. The van der Waals surface area contributed by atoms with Gasteiger partial charge >= 0.3 is 5.97 Å². The Morgan fingerprint density at radius 2 is 1.72 bits per heavy atom. The lowest BCUT2D eigenvalue weighted by Crippen LogP contribution is -2.40. The molecule has 0 bridgehead atoms. The van der Waals surface area contributed by atoms with E-state index in [9.17, 15) is 4.79 Å². The van der Waals surface area contributed by atoms with Crippen molar-refractivity contribution in [2.75, 3.05) is 34.3 Å². The Bertz CT molecular complexity index is 318. The fraction of sp³-hybridized carbons (Fsp3) is 0.667. The van der Waals surface area contributed by atoms with Gasteiger partial charge in [-0.15, -0.1) is 0 Å². The smallest absolute Gasteiger partial charge is 0.362 e. The maximum atomic E-state index is 11.5. The summed E-state index contributed by atoms with van der Waals surface area (Å²) in [4.78, 5) is 11.5. The van der Waals surface area contributed by atoms with Crippen molar-refractivity contribution in [3.05, 3.63) is 23.3 Å². The van der Waals surface area contributed by atoms with Crippen LogP contribution in [0.25, 0.3) is 0 Å². The molecule has 0 aromatic heterocycles. The number of hydrogen-bond donors (Lipinski definition) is 0. The van der Waals surface area contributed by atoms with Crippen LogP contribution in [0.3, 0.4) is 0 Å². The van der Waals surface area contributed by atoms with Gasteiger partial charge in [0.2, 0.25) is 0 Å². The van der Waals surface area contributed by atoms with Gasteiger partial charge in [0.1, 0.15) is 6.61 Å². The summed E-state index contributed by atoms with van der Waals surface area (Å²) >= 11 is 0. The van der Waals surface area contributed by atoms with Gasteiger partial charge in [0.15, 0.2) is 6.54 Å². The largest absolute Gasteiger partial charge is 0.457 e. The van der Waals surface area contributed by atoms with E-state index in [2.05, 4.69) is 26.8 Å². The van der Waals surface area contributed by atoms with Gasteiger partial charge in [-0.25, -0.2) is 4.79 Å². The number of allylic oxidation sites excluding steroid dienone is 3. The van der Waals surface area contributed by atoms with Crippen molar-refractivity contribution in [3.8, 4) is 0 Å². The van der Waals surface area contributed by atoms with E-state index in [-0.39, 0.29) is 5.97 Å². The number of carbonyl (C=O) groups excluding carboxylic acids is 1. The fourth-order valence-electron chi connectivity index (χ4n) is 1.40.